The highest BCUT2D eigenvalue weighted by molar-refractivity contribution is 14.1. The summed E-state index contributed by atoms with van der Waals surface area (Å²) in [6, 6.07) is 5.45. The van der Waals surface area contributed by atoms with Crippen molar-refractivity contribution in [3.63, 3.8) is 0 Å². The Bertz CT molecular complexity index is 637. The van der Waals surface area contributed by atoms with E-state index in [9.17, 15) is 0 Å². The zero-order valence-corrected chi connectivity index (χ0v) is 14.3. The molecule has 1 aromatic heterocycles. The molecule has 20 heavy (non-hydrogen) atoms. The predicted molar refractivity (Wildman–Crippen MR) is 89.1 cm³/mol. The molecule has 2 aromatic rings. The topological polar surface area (TPSA) is 61.0 Å². The van der Waals surface area contributed by atoms with E-state index in [1.54, 1.807) is 19.2 Å². The molecular formula is C13H12Cl2IN3O. The monoisotopic (exact) mass is 423 g/mol. The fourth-order valence-electron chi connectivity index (χ4n) is 1.71. The molecule has 0 aliphatic carbocycles. The van der Waals surface area contributed by atoms with Crippen LogP contribution in [0.4, 0.5) is 5.82 Å². The van der Waals surface area contributed by atoms with E-state index < -0.39 is 0 Å². The highest BCUT2D eigenvalue weighted by atomic mass is 127. The third-order valence-electron chi connectivity index (χ3n) is 2.62. The van der Waals surface area contributed by atoms with E-state index in [2.05, 4.69) is 32.6 Å². The summed E-state index contributed by atoms with van der Waals surface area (Å²) in [6.07, 6.45) is 0.536. The van der Waals surface area contributed by atoms with Gasteiger partial charge in [0.05, 0.1) is 25.9 Å². The van der Waals surface area contributed by atoms with Crippen molar-refractivity contribution in [3.8, 4) is 0 Å². The summed E-state index contributed by atoms with van der Waals surface area (Å²) in [6.45, 7) is 0.402. The van der Waals surface area contributed by atoms with E-state index >= 15 is 0 Å². The maximum absolute atomic E-state index is 6.00. The van der Waals surface area contributed by atoms with Gasteiger partial charge in [-0.3, -0.25) is 0 Å². The number of ether oxygens (including phenoxy) is 1. The van der Waals surface area contributed by atoms with Crippen LogP contribution in [0.25, 0.3) is 0 Å². The van der Waals surface area contributed by atoms with E-state index in [-0.39, 0.29) is 0 Å². The highest BCUT2D eigenvalue weighted by Crippen LogP contribution is 2.24. The number of halogens is 3. The van der Waals surface area contributed by atoms with Crippen LogP contribution in [0, 0.1) is 3.57 Å². The fraction of sp³-hybridized carbons (Fsp3) is 0.231. The molecule has 1 aromatic carbocycles. The van der Waals surface area contributed by atoms with Gasteiger partial charge in [0, 0.05) is 13.5 Å². The molecule has 2 N–H and O–H groups in total. The molecule has 4 nitrogen and oxygen atoms in total. The molecule has 106 valence electrons. The van der Waals surface area contributed by atoms with Crippen molar-refractivity contribution in [2.24, 2.45) is 0 Å². The molecule has 0 aliphatic heterocycles. The Morgan fingerprint density at radius 1 is 1.25 bits per heavy atom. The molecule has 7 heteroatoms. The summed E-state index contributed by atoms with van der Waals surface area (Å²) in [5.41, 5.74) is 7.66. The largest absolute Gasteiger partial charge is 0.383 e. The molecule has 0 atom stereocenters. The second-order valence-corrected chi connectivity index (χ2v) is 6.04. The third kappa shape index (κ3) is 3.72. The van der Waals surface area contributed by atoms with Crippen LogP contribution in [0.3, 0.4) is 0 Å². The lowest BCUT2D eigenvalue weighted by atomic mass is 10.1. The van der Waals surface area contributed by atoms with Crippen LogP contribution >= 0.6 is 45.8 Å². The second kappa shape index (κ2) is 6.89. The van der Waals surface area contributed by atoms with Gasteiger partial charge in [-0.25, -0.2) is 9.97 Å². The Hall–Kier alpha value is -0.630. The molecule has 0 fully saturated rings. The minimum absolute atomic E-state index is 0.402. The van der Waals surface area contributed by atoms with Crippen molar-refractivity contribution in [3.05, 3.63) is 48.9 Å². The maximum atomic E-state index is 6.00. The van der Waals surface area contributed by atoms with E-state index in [4.69, 9.17) is 33.7 Å². The molecule has 0 saturated heterocycles. The molecule has 0 radical (unpaired) electrons. The maximum Gasteiger partial charge on any atom is 0.141 e. The van der Waals surface area contributed by atoms with Gasteiger partial charge in [0.1, 0.15) is 11.6 Å². The molecule has 2 rings (SSSR count). The van der Waals surface area contributed by atoms with Gasteiger partial charge < -0.3 is 10.5 Å². The van der Waals surface area contributed by atoms with Crippen molar-refractivity contribution in [1.29, 1.82) is 0 Å². The normalized spacial score (nSPS) is 10.8. The summed E-state index contributed by atoms with van der Waals surface area (Å²) < 4.78 is 5.94. The van der Waals surface area contributed by atoms with Crippen LogP contribution in [0.5, 0.6) is 0 Å². The van der Waals surface area contributed by atoms with Gasteiger partial charge in [0.15, 0.2) is 0 Å². The summed E-state index contributed by atoms with van der Waals surface area (Å²) in [7, 11) is 1.62. The number of nitrogens with zero attached hydrogens (tertiary/aromatic N) is 2. The third-order valence-corrected chi connectivity index (χ3v) is 4.53. The highest BCUT2D eigenvalue weighted by Gasteiger charge is 2.11. The van der Waals surface area contributed by atoms with Gasteiger partial charge in [0.25, 0.3) is 0 Å². The number of hydrogen-bond donors (Lipinski definition) is 1. The van der Waals surface area contributed by atoms with Crippen LogP contribution in [0.15, 0.2) is 18.2 Å². The number of methoxy groups -OCH3 is 1. The lowest BCUT2D eigenvalue weighted by molar-refractivity contribution is 0.180. The first-order valence-electron chi connectivity index (χ1n) is 5.75. The average Bonchev–Trinajstić information content (AvgIpc) is 2.40. The second-order valence-electron chi connectivity index (χ2n) is 4.14. The van der Waals surface area contributed by atoms with Gasteiger partial charge in [-0.1, -0.05) is 29.3 Å². The molecule has 0 unspecified atom stereocenters. The van der Waals surface area contributed by atoms with Crippen molar-refractivity contribution in [2.45, 2.75) is 13.0 Å². The van der Waals surface area contributed by atoms with Gasteiger partial charge in [0.2, 0.25) is 0 Å². The molecule has 1 heterocycles. The number of nitrogen functional groups attached to an aromatic ring is 1. The van der Waals surface area contributed by atoms with Crippen LogP contribution in [-0.4, -0.2) is 17.1 Å². The van der Waals surface area contributed by atoms with E-state index in [0.717, 1.165) is 14.8 Å². The van der Waals surface area contributed by atoms with Crippen molar-refractivity contribution >= 4 is 51.6 Å². The molecular weight excluding hydrogens is 412 g/mol. The Balaban J connectivity index is 2.31. The first-order valence-corrected chi connectivity index (χ1v) is 7.58. The Morgan fingerprint density at radius 2 is 2.00 bits per heavy atom. The Morgan fingerprint density at radius 3 is 2.65 bits per heavy atom. The van der Waals surface area contributed by atoms with Gasteiger partial charge in [-0.05, 0) is 40.3 Å². The number of anilines is 1. The summed E-state index contributed by atoms with van der Waals surface area (Å²) >= 11 is 14.0. The standard InChI is InChI=1S/C13H12Cl2IN3O/c1-20-6-10-12(16)13(17)19-11(18-10)5-7-2-3-8(14)9(15)4-7/h2-4H,5-6H2,1H3,(H2,17,18,19). The summed E-state index contributed by atoms with van der Waals surface area (Å²) in [5.74, 6) is 1.09. The van der Waals surface area contributed by atoms with Crippen LogP contribution in [0.2, 0.25) is 10.0 Å². The fourth-order valence-corrected chi connectivity index (χ4v) is 2.43. The number of rotatable bonds is 4. The van der Waals surface area contributed by atoms with E-state index in [0.29, 0.717) is 34.7 Å². The average molecular weight is 424 g/mol. The summed E-state index contributed by atoms with van der Waals surface area (Å²) in [4.78, 5) is 8.76. The number of aromatic nitrogens is 2. The van der Waals surface area contributed by atoms with Crippen LogP contribution in [0.1, 0.15) is 17.1 Å². The smallest absolute Gasteiger partial charge is 0.141 e. The first-order chi connectivity index (χ1) is 9.51. The molecule has 0 bridgehead atoms. The van der Waals surface area contributed by atoms with Crippen LogP contribution in [-0.2, 0) is 17.8 Å². The number of nitrogens with two attached hydrogens (primary N) is 1. The zero-order valence-electron chi connectivity index (χ0n) is 10.7. The molecule has 0 amide bonds. The minimum Gasteiger partial charge on any atom is -0.383 e. The summed E-state index contributed by atoms with van der Waals surface area (Å²) in [5, 5.41) is 1.04. The number of benzene rings is 1. The van der Waals surface area contributed by atoms with Crippen molar-refractivity contribution in [1.82, 2.24) is 9.97 Å². The van der Waals surface area contributed by atoms with Gasteiger partial charge in [-0.2, -0.15) is 0 Å². The van der Waals surface area contributed by atoms with Crippen LogP contribution < -0.4 is 5.73 Å². The Kier molecular flexibility index (Phi) is 5.42. The molecule has 0 aliphatic rings. The lowest BCUT2D eigenvalue weighted by Crippen LogP contribution is -2.08. The quantitative estimate of drug-likeness (QED) is 0.761. The van der Waals surface area contributed by atoms with Gasteiger partial charge >= 0.3 is 0 Å². The minimum atomic E-state index is 0.402. The molecule has 0 spiro atoms. The van der Waals surface area contributed by atoms with Gasteiger partial charge in [-0.15, -0.1) is 0 Å². The first kappa shape index (κ1) is 15.8. The van der Waals surface area contributed by atoms with E-state index in [1.165, 1.54) is 0 Å². The SMILES string of the molecule is COCc1nc(Cc2ccc(Cl)c(Cl)c2)nc(N)c1I. The van der Waals surface area contributed by atoms with Crippen molar-refractivity contribution < 1.29 is 4.74 Å². The molecule has 0 saturated carbocycles. The zero-order chi connectivity index (χ0) is 14.7. The Labute approximate surface area is 140 Å². The number of hydrogen-bond acceptors (Lipinski definition) is 4. The van der Waals surface area contributed by atoms with Crippen molar-refractivity contribution in [2.75, 3.05) is 12.8 Å². The predicted octanol–water partition coefficient (Wildman–Crippen LogP) is 3.71. The van der Waals surface area contributed by atoms with E-state index in [1.807, 2.05) is 6.07 Å². The lowest BCUT2D eigenvalue weighted by Gasteiger charge is -2.09.